The Hall–Kier alpha value is -4.50. The second-order valence-electron chi connectivity index (χ2n) is 9.70. The van der Waals surface area contributed by atoms with E-state index in [4.69, 9.17) is 0 Å². The predicted molar refractivity (Wildman–Crippen MR) is 151 cm³/mol. The molecule has 1 heterocycles. The van der Waals surface area contributed by atoms with Crippen molar-refractivity contribution in [3.05, 3.63) is 89.2 Å². The van der Waals surface area contributed by atoms with Gasteiger partial charge in [-0.3, -0.25) is 14.4 Å². The van der Waals surface area contributed by atoms with Crippen LogP contribution in [0.2, 0.25) is 0 Å². The van der Waals surface area contributed by atoms with E-state index in [2.05, 4.69) is 10.6 Å². The Morgan fingerprint density at radius 3 is 2.44 bits per heavy atom. The van der Waals surface area contributed by atoms with Gasteiger partial charge in [-0.1, -0.05) is 18.2 Å². The molecule has 1 aliphatic heterocycles. The Morgan fingerprint density at radius 1 is 1.00 bits per heavy atom. The van der Waals surface area contributed by atoms with E-state index in [-0.39, 0.29) is 12.3 Å². The number of carbonyl (C=O) groups is 3. The number of carboxylic acids is 1. The number of hydrogen-bond acceptors (Lipinski definition) is 5. The van der Waals surface area contributed by atoms with E-state index < -0.39 is 17.7 Å². The third kappa shape index (κ3) is 6.69. The number of rotatable bonds is 10. The van der Waals surface area contributed by atoms with E-state index in [1.54, 1.807) is 54.4 Å². The van der Waals surface area contributed by atoms with Gasteiger partial charge >= 0.3 is 5.97 Å². The first-order chi connectivity index (χ1) is 18.6. The molecule has 4 rings (SSSR count). The molecule has 3 aromatic carbocycles. The molecule has 8 nitrogen and oxygen atoms in total. The zero-order valence-electron chi connectivity index (χ0n) is 22.1. The quantitative estimate of drug-likeness (QED) is 0.329. The van der Waals surface area contributed by atoms with Crippen LogP contribution in [0.4, 0.5) is 21.5 Å². The fourth-order valence-corrected chi connectivity index (χ4v) is 4.45. The number of carbonyl (C=O) groups excluding carboxylic acids is 2. The summed E-state index contributed by atoms with van der Waals surface area (Å²) in [6.07, 6.45) is 1.03. The summed E-state index contributed by atoms with van der Waals surface area (Å²) in [5.41, 5.74) is 4.22. The van der Waals surface area contributed by atoms with Crippen LogP contribution in [0, 0.1) is 5.82 Å². The van der Waals surface area contributed by atoms with E-state index in [1.165, 1.54) is 12.1 Å². The number of amides is 2. The number of fused-ring (bicyclic) bond motifs is 1. The number of carboxylic acid groups (broad SMARTS) is 1. The van der Waals surface area contributed by atoms with E-state index in [0.29, 0.717) is 45.8 Å². The van der Waals surface area contributed by atoms with Crippen LogP contribution < -0.4 is 15.5 Å². The molecule has 0 saturated carbocycles. The highest BCUT2D eigenvalue weighted by Gasteiger charge is 2.29. The number of nitrogens with one attached hydrogen (secondary N) is 2. The first-order valence-corrected chi connectivity index (χ1v) is 12.6. The SMILES string of the molecule is CN(C)CCCC(=O)N(C)c1ccc(NC(=C2C(=O)Nc3cc(F)ccc32)c2cccc(CC(=O)O)c2)cc1. The van der Waals surface area contributed by atoms with Crippen LogP contribution in [0.3, 0.4) is 0 Å². The van der Waals surface area contributed by atoms with Crippen LogP contribution in [0.5, 0.6) is 0 Å². The van der Waals surface area contributed by atoms with Crippen LogP contribution >= 0.6 is 0 Å². The van der Waals surface area contributed by atoms with Crippen molar-refractivity contribution in [2.75, 3.05) is 43.2 Å². The van der Waals surface area contributed by atoms with E-state index in [9.17, 15) is 23.9 Å². The average Bonchev–Trinajstić information content (AvgIpc) is 3.21. The van der Waals surface area contributed by atoms with Crippen molar-refractivity contribution >= 4 is 46.1 Å². The first kappa shape index (κ1) is 27.5. The summed E-state index contributed by atoms with van der Waals surface area (Å²) < 4.78 is 13.9. The average molecular weight is 531 g/mol. The van der Waals surface area contributed by atoms with Crippen LogP contribution in [0.15, 0.2) is 66.7 Å². The normalized spacial score (nSPS) is 13.6. The number of nitrogens with zero attached hydrogens (tertiary/aromatic N) is 2. The van der Waals surface area contributed by atoms with Crippen LogP contribution in [0.25, 0.3) is 11.3 Å². The molecule has 0 atom stereocenters. The highest BCUT2D eigenvalue weighted by molar-refractivity contribution is 6.37. The zero-order chi connectivity index (χ0) is 28.1. The minimum atomic E-state index is -0.968. The molecular weight excluding hydrogens is 499 g/mol. The van der Waals surface area contributed by atoms with Gasteiger partial charge in [-0.05, 0) is 86.7 Å². The smallest absolute Gasteiger partial charge is 0.307 e. The third-order valence-corrected chi connectivity index (χ3v) is 6.44. The molecule has 0 spiro atoms. The molecule has 39 heavy (non-hydrogen) atoms. The summed E-state index contributed by atoms with van der Waals surface area (Å²) >= 11 is 0. The topological polar surface area (TPSA) is 102 Å². The fourth-order valence-electron chi connectivity index (χ4n) is 4.45. The van der Waals surface area contributed by atoms with Gasteiger partial charge in [-0.2, -0.15) is 0 Å². The van der Waals surface area contributed by atoms with Gasteiger partial charge in [0.2, 0.25) is 5.91 Å². The van der Waals surface area contributed by atoms with Gasteiger partial charge in [-0.25, -0.2) is 4.39 Å². The molecule has 9 heteroatoms. The van der Waals surface area contributed by atoms with Crippen molar-refractivity contribution in [2.45, 2.75) is 19.3 Å². The third-order valence-electron chi connectivity index (χ3n) is 6.44. The first-order valence-electron chi connectivity index (χ1n) is 12.6. The predicted octanol–water partition coefficient (Wildman–Crippen LogP) is 4.69. The maximum atomic E-state index is 13.9. The van der Waals surface area contributed by atoms with Gasteiger partial charge in [0, 0.05) is 30.4 Å². The van der Waals surface area contributed by atoms with Crippen molar-refractivity contribution in [2.24, 2.45) is 0 Å². The van der Waals surface area contributed by atoms with Crippen molar-refractivity contribution in [1.29, 1.82) is 0 Å². The van der Waals surface area contributed by atoms with E-state index in [0.717, 1.165) is 18.7 Å². The second-order valence-corrected chi connectivity index (χ2v) is 9.70. The molecule has 2 amide bonds. The summed E-state index contributed by atoms with van der Waals surface area (Å²) in [6.45, 7) is 0.830. The van der Waals surface area contributed by atoms with Gasteiger partial charge in [0.25, 0.3) is 5.91 Å². The molecule has 3 N–H and O–H groups in total. The molecule has 1 aliphatic rings. The van der Waals surface area contributed by atoms with Crippen molar-refractivity contribution < 1.29 is 23.9 Å². The Balaban J connectivity index is 1.67. The summed E-state index contributed by atoms with van der Waals surface area (Å²) in [6, 6.07) is 18.3. The standard InChI is InChI=1S/C30H31FN4O4/c1-34(2)15-5-8-26(36)35(3)23-12-10-22(11-13-23)32-29(20-7-4-6-19(16-20)17-27(37)38)28-24-14-9-21(31)18-25(24)33-30(28)39/h4,6-7,9-14,16,18,32H,5,8,15,17H2,1-3H3,(H,33,39)(H,37,38). The number of aliphatic carboxylic acids is 1. The van der Waals surface area contributed by atoms with Crippen LogP contribution in [-0.2, 0) is 20.8 Å². The highest BCUT2D eigenvalue weighted by atomic mass is 19.1. The maximum Gasteiger partial charge on any atom is 0.307 e. The van der Waals surface area contributed by atoms with Crippen molar-refractivity contribution in [3.8, 4) is 0 Å². The van der Waals surface area contributed by atoms with Crippen LogP contribution in [-0.4, -0.2) is 55.5 Å². The van der Waals surface area contributed by atoms with E-state index >= 15 is 0 Å². The lowest BCUT2D eigenvalue weighted by Gasteiger charge is -2.19. The Labute approximate surface area is 226 Å². The van der Waals surface area contributed by atoms with Gasteiger partial charge in [0.1, 0.15) is 5.82 Å². The van der Waals surface area contributed by atoms with Gasteiger partial charge in [0.05, 0.1) is 23.4 Å². The maximum absolute atomic E-state index is 13.9. The number of benzene rings is 3. The van der Waals surface area contributed by atoms with Gasteiger partial charge < -0.3 is 25.5 Å². The number of anilines is 3. The van der Waals surface area contributed by atoms with Crippen LogP contribution in [0.1, 0.15) is 29.5 Å². The lowest BCUT2D eigenvalue weighted by Crippen LogP contribution is -2.27. The van der Waals surface area contributed by atoms with Gasteiger partial charge in [0.15, 0.2) is 0 Å². The fraction of sp³-hybridized carbons (Fsp3) is 0.233. The number of hydrogen-bond donors (Lipinski definition) is 3. The molecule has 202 valence electrons. The summed E-state index contributed by atoms with van der Waals surface area (Å²) in [7, 11) is 5.68. The van der Waals surface area contributed by atoms with Crippen molar-refractivity contribution in [3.63, 3.8) is 0 Å². The Kier molecular flexibility index (Phi) is 8.41. The molecule has 0 aromatic heterocycles. The monoisotopic (exact) mass is 530 g/mol. The Morgan fingerprint density at radius 2 is 1.74 bits per heavy atom. The molecule has 0 fully saturated rings. The lowest BCUT2D eigenvalue weighted by atomic mass is 9.98. The summed E-state index contributed by atoms with van der Waals surface area (Å²) in [5.74, 6) is -1.82. The van der Waals surface area contributed by atoms with Gasteiger partial charge in [-0.15, -0.1) is 0 Å². The molecular formula is C30H31FN4O4. The van der Waals surface area contributed by atoms with Crippen molar-refractivity contribution in [1.82, 2.24) is 4.90 Å². The molecule has 0 unspecified atom stereocenters. The molecule has 0 bridgehead atoms. The lowest BCUT2D eigenvalue weighted by molar-refractivity contribution is -0.136. The minimum Gasteiger partial charge on any atom is -0.481 e. The summed E-state index contributed by atoms with van der Waals surface area (Å²) in [4.78, 5) is 40.7. The van der Waals surface area contributed by atoms with E-state index in [1.807, 2.05) is 31.1 Å². The largest absolute Gasteiger partial charge is 0.481 e. The minimum absolute atomic E-state index is 0.0158. The molecule has 0 aliphatic carbocycles. The highest BCUT2D eigenvalue weighted by Crippen LogP contribution is 2.38. The zero-order valence-corrected chi connectivity index (χ0v) is 22.1. The molecule has 3 aromatic rings. The molecule has 0 radical (unpaired) electrons. The summed E-state index contributed by atoms with van der Waals surface area (Å²) in [5, 5.41) is 15.3. The Bertz CT molecular complexity index is 1430. The molecule has 0 saturated heterocycles. The number of halogens is 1. The second kappa shape index (κ2) is 11.9.